The minimum absolute atomic E-state index is 0.0481. The molecule has 1 aromatic heterocycles. The first-order valence-corrected chi connectivity index (χ1v) is 6.01. The molecule has 0 fully saturated rings. The molecule has 0 spiro atoms. The van der Waals surface area contributed by atoms with Crippen LogP contribution in [-0.4, -0.2) is 33.3 Å². The molecular formula is C12H17N3O4. The highest BCUT2D eigenvalue weighted by molar-refractivity contribution is 5.92. The molecule has 0 saturated heterocycles. The smallest absolute Gasteiger partial charge is 0.308 e. The van der Waals surface area contributed by atoms with Gasteiger partial charge in [-0.1, -0.05) is 13.3 Å². The molecule has 0 aliphatic carbocycles. The topological polar surface area (TPSA) is 101 Å². The summed E-state index contributed by atoms with van der Waals surface area (Å²) in [4.78, 5) is 33.8. The Morgan fingerprint density at radius 3 is 2.68 bits per heavy atom. The molecule has 104 valence electrons. The zero-order valence-corrected chi connectivity index (χ0v) is 10.9. The molecule has 1 unspecified atom stereocenters. The van der Waals surface area contributed by atoms with Gasteiger partial charge in [0.1, 0.15) is 5.69 Å². The summed E-state index contributed by atoms with van der Waals surface area (Å²) in [5, 5.41) is 15.3. The molecule has 0 radical (unpaired) electrons. The minimum Gasteiger partial charge on any atom is -0.481 e. The summed E-state index contributed by atoms with van der Waals surface area (Å²) in [5.41, 5.74) is -0.228. The van der Waals surface area contributed by atoms with Gasteiger partial charge >= 0.3 is 5.97 Å². The summed E-state index contributed by atoms with van der Waals surface area (Å²) in [7, 11) is 1.44. The highest BCUT2D eigenvalue weighted by atomic mass is 16.4. The summed E-state index contributed by atoms with van der Waals surface area (Å²) in [5.74, 6) is -2.03. The molecule has 1 heterocycles. The Kier molecular flexibility index (Phi) is 5.23. The van der Waals surface area contributed by atoms with E-state index in [-0.39, 0.29) is 17.8 Å². The van der Waals surface area contributed by atoms with Crippen LogP contribution >= 0.6 is 0 Å². The third-order valence-electron chi connectivity index (χ3n) is 2.69. The van der Waals surface area contributed by atoms with Gasteiger partial charge in [0.15, 0.2) is 0 Å². The summed E-state index contributed by atoms with van der Waals surface area (Å²) >= 11 is 0. The number of hydrogen-bond donors (Lipinski definition) is 2. The van der Waals surface area contributed by atoms with Crippen molar-refractivity contribution in [2.75, 3.05) is 6.54 Å². The van der Waals surface area contributed by atoms with Gasteiger partial charge in [0.05, 0.1) is 5.92 Å². The number of carbonyl (C=O) groups is 2. The number of aliphatic carboxylic acids is 1. The lowest BCUT2D eigenvalue weighted by molar-refractivity contribution is -0.141. The Morgan fingerprint density at radius 1 is 1.47 bits per heavy atom. The number of hydrogen-bond acceptors (Lipinski definition) is 4. The number of nitrogens with one attached hydrogen (secondary N) is 1. The van der Waals surface area contributed by atoms with Crippen LogP contribution in [0.2, 0.25) is 0 Å². The number of carbonyl (C=O) groups excluding carboxylic acids is 1. The van der Waals surface area contributed by atoms with Gasteiger partial charge in [-0.05, 0) is 12.5 Å². The maximum atomic E-state index is 11.8. The Bertz CT molecular complexity index is 524. The van der Waals surface area contributed by atoms with E-state index >= 15 is 0 Å². The van der Waals surface area contributed by atoms with Crippen molar-refractivity contribution >= 4 is 11.9 Å². The van der Waals surface area contributed by atoms with Crippen LogP contribution in [0.5, 0.6) is 0 Å². The van der Waals surface area contributed by atoms with E-state index in [0.717, 1.165) is 11.1 Å². The molecule has 1 amide bonds. The summed E-state index contributed by atoms with van der Waals surface area (Å²) in [6.45, 7) is 1.93. The molecule has 0 saturated carbocycles. The second-order valence-electron chi connectivity index (χ2n) is 4.21. The lowest BCUT2D eigenvalue weighted by Crippen LogP contribution is -2.34. The lowest BCUT2D eigenvalue weighted by Gasteiger charge is -2.12. The van der Waals surface area contributed by atoms with E-state index in [1.807, 2.05) is 6.92 Å². The molecule has 0 aliphatic heterocycles. The van der Waals surface area contributed by atoms with Crippen molar-refractivity contribution in [2.45, 2.75) is 19.8 Å². The number of aromatic nitrogens is 2. The second-order valence-corrected chi connectivity index (χ2v) is 4.21. The fourth-order valence-corrected chi connectivity index (χ4v) is 1.59. The average Bonchev–Trinajstić information content (AvgIpc) is 2.37. The monoisotopic (exact) mass is 267 g/mol. The first-order valence-electron chi connectivity index (χ1n) is 6.01. The van der Waals surface area contributed by atoms with Crippen molar-refractivity contribution in [1.29, 1.82) is 0 Å². The van der Waals surface area contributed by atoms with Crippen molar-refractivity contribution in [3.63, 3.8) is 0 Å². The first-order chi connectivity index (χ1) is 8.95. The van der Waals surface area contributed by atoms with Crippen LogP contribution in [0.4, 0.5) is 0 Å². The van der Waals surface area contributed by atoms with Crippen LogP contribution in [0.3, 0.4) is 0 Å². The SMILES string of the molecule is CCCC(CNC(=O)c1ccc(=O)n(C)n1)C(=O)O. The van der Waals surface area contributed by atoms with Crippen molar-refractivity contribution < 1.29 is 14.7 Å². The Morgan fingerprint density at radius 2 is 2.16 bits per heavy atom. The normalized spacial score (nSPS) is 11.9. The molecule has 1 rings (SSSR count). The van der Waals surface area contributed by atoms with Crippen LogP contribution < -0.4 is 10.9 Å². The summed E-state index contributed by atoms with van der Waals surface area (Å²) < 4.78 is 1.05. The third kappa shape index (κ3) is 4.20. The average molecular weight is 267 g/mol. The predicted molar refractivity (Wildman–Crippen MR) is 67.8 cm³/mol. The van der Waals surface area contributed by atoms with Gasteiger partial charge in [-0.3, -0.25) is 14.4 Å². The van der Waals surface area contributed by atoms with Gasteiger partial charge < -0.3 is 10.4 Å². The first kappa shape index (κ1) is 14.9. The van der Waals surface area contributed by atoms with Crippen LogP contribution in [-0.2, 0) is 11.8 Å². The number of nitrogens with zero attached hydrogens (tertiary/aromatic N) is 2. The number of aryl methyl sites for hydroxylation is 1. The molecule has 1 atom stereocenters. The molecule has 0 bridgehead atoms. The number of carboxylic acids is 1. The zero-order valence-electron chi connectivity index (χ0n) is 10.9. The molecule has 0 aromatic carbocycles. The largest absolute Gasteiger partial charge is 0.481 e. The van der Waals surface area contributed by atoms with Gasteiger partial charge in [0.25, 0.3) is 11.5 Å². The standard InChI is InChI=1S/C12H17N3O4/c1-3-4-8(12(18)19)7-13-11(17)9-5-6-10(16)15(2)14-9/h5-6,8H,3-4,7H2,1-2H3,(H,13,17)(H,18,19). The molecule has 19 heavy (non-hydrogen) atoms. The van der Waals surface area contributed by atoms with Crippen molar-refractivity contribution in [3.8, 4) is 0 Å². The van der Waals surface area contributed by atoms with E-state index in [0.29, 0.717) is 6.42 Å². The fourth-order valence-electron chi connectivity index (χ4n) is 1.59. The van der Waals surface area contributed by atoms with E-state index < -0.39 is 17.8 Å². The van der Waals surface area contributed by atoms with Crippen molar-refractivity contribution in [3.05, 3.63) is 28.2 Å². The molecule has 7 nitrogen and oxygen atoms in total. The van der Waals surface area contributed by atoms with Crippen LogP contribution in [0.15, 0.2) is 16.9 Å². The molecule has 2 N–H and O–H groups in total. The van der Waals surface area contributed by atoms with Crippen LogP contribution in [0.1, 0.15) is 30.3 Å². The molecule has 7 heteroatoms. The quantitative estimate of drug-likeness (QED) is 0.756. The maximum Gasteiger partial charge on any atom is 0.308 e. The number of rotatable bonds is 6. The second kappa shape index (κ2) is 6.67. The van der Waals surface area contributed by atoms with Gasteiger partial charge in [-0.15, -0.1) is 0 Å². The molecule has 1 aromatic rings. The summed E-state index contributed by atoms with van der Waals surface area (Å²) in [6.07, 6.45) is 1.22. The van der Waals surface area contributed by atoms with Crippen molar-refractivity contribution in [1.82, 2.24) is 15.1 Å². The molecular weight excluding hydrogens is 250 g/mol. The van der Waals surface area contributed by atoms with Gasteiger partial charge in [0, 0.05) is 19.7 Å². The predicted octanol–water partition coefficient (Wildman–Crippen LogP) is 0.0110. The highest BCUT2D eigenvalue weighted by Crippen LogP contribution is 2.05. The van der Waals surface area contributed by atoms with E-state index in [1.54, 1.807) is 0 Å². The van der Waals surface area contributed by atoms with Gasteiger partial charge in [-0.2, -0.15) is 5.10 Å². The Balaban J connectivity index is 2.66. The van der Waals surface area contributed by atoms with E-state index in [4.69, 9.17) is 5.11 Å². The molecule has 0 aliphatic rings. The fraction of sp³-hybridized carbons (Fsp3) is 0.500. The lowest BCUT2D eigenvalue weighted by atomic mass is 10.0. The van der Waals surface area contributed by atoms with Crippen LogP contribution in [0.25, 0.3) is 0 Å². The van der Waals surface area contributed by atoms with Crippen LogP contribution in [0, 0.1) is 5.92 Å². The van der Waals surface area contributed by atoms with Gasteiger partial charge in [0.2, 0.25) is 0 Å². The van der Waals surface area contributed by atoms with Crippen molar-refractivity contribution in [2.24, 2.45) is 13.0 Å². The highest BCUT2D eigenvalue weighted by Gasteiger charge is 2.18. The number of carboxylic acid groups (broad SMARTS) is 1. The van der Waals surface area contributed by atoms with E-state index in [1.165, 1.54) is 19.2 Å². The third-order valence-corrected chi connectivity index (χ3v) is 2.69. The van der Waals surface area contributed by atoms with Gasteiger partial charge in [-0.25, -0.2) is 4.68 Å². The summed E-state index contributed by atoms with van der Waals surface area (Å²) in [6, 6.07) is 2.55. The van der Waals surface area contributed by atoms with E-state index in [9.17, 15) is 14.4 Å². The zero-order chi connectivity index (χ0) is 14.4. The number of amides is 1. The minimum atomic E-state index is -0.935. The Hall–Kier alpha value is -2.18. The van der Waals surface area contributed by atoms with E-state index in [2.05, 4.69) is 10.4 Å². The Labute approximate surface area is 110 Å². The maximum absolute atomic E-state index is 11.8.